The lowest BCUT2D eigenvalue weighted by Gasteiger charge is -2.30. The van der Waals surface area contributed by atoms with Gasteiger partial charge in [-0.3, -0.25) is 4.79 Å². The van der Waals surface area contributed by atoms with E-state index < -0.39 is 6.03 Å². The number of hydrogen-bond donors (Lipinski definition) is 2. The number of benzene rings is 1. The maximum atomic E-state index is 12.6. The molecule has 2 heterocycles. The number of likely N-dealkylation sites (tertiary alicyclic amines) is 1. The molecule has 1 aliphatic rings. The number of piperidine rings is 1. The van der Waals surface area contributed by atoms with Crippen molar-refractivity contribution in [1.82, 2.24) is 9.88 Å². The molecule has 0 aliphatic carbocycles. The third-order valence-electron chi connectivity index (χ3n) is 4.97. The minimum atomic E-state index is -0.440. The molecule has 3 rings (SSSR count). The number of nitrogens with two attached hydrogens (primary N) is 1. The summed E-state index contributed by atoms with van der Waals surface area (Å²) in [4.78, 5) is 29.7. The van der Waals surface area contributed by atoms with Crippen molar-refractivity contribution in [2.75, 3.05) is 18.4 Å². The van der Waals surface area contributed by atoms with Gasteiger partial charge in [-0.25, -0.2) is 9.78 Å². The normalized spacial score (nSPS) is 14.7. The van der Waals surface area contributed by atoms with E-state index in [0.29, 0.717) is 43.2 Å². The van der Waals surface area contributed by atoms with E-state index in [9.17, 15) is 9.59 Å². The SMILES string of the molecule is Cc1cccc(Oc2ncccc2NC(=O)C2CCN(C(N)=O)CC2)c1C. The number of primary amides is 1. The molecule has 1 fully saturated rings. The zero-order valence-electron chi connectivity index (χ0n) is 15.6. The van der Waals surface area contributed by atoms with E-state index in [1.807, 2.05) is 32.0 Å². The first-order valence-corrected chi connectivity index (χ1v) is 9.00. The summed E-state index contributed by atoms with van der Waals surface area (Å²) in [6.07, 6.45) is 2.80. The lowest BCUT2D eigenvalue weighted by Crippen LogP contribution is -2.43. The predicted octanol–water partition coefficient (Wildman–Crippen LogP) is 3.22. The molecule has 2 aromatic rings. The lowest BCUT2D eigenvalue weighted by molar-refractivity contribution is -0.121. The van der Waals surface area contributed by atoms with Crippen LogP contribution in [0.5, 0.6) is 11.6 Å². The first-order valence-electron chi connectivity index (χ1n) is 9.00. The number of urea groups is 1. The molecule has 0 saturated carbocycles. The van der Waals surface area contributed by atoms with Crippen LogP contribution in [0.3, 0.4) is 0 Å². The van der Waals surface area contributed by atoms with E-state index in [1.54, 1.807) is 23.2 Å². The van der Waals surface area contributed by atoms with Crippen molar-refractivity contribution in [2.45, 2.75) is 26.7 Å². The third kappa shape index (κ3) is 4.36. The molecule has 1 saturated heterocycles. The number of nitrogens with one attached hydrogen (secondary N) is 1. The Morgan fingerprint density at radius 3 is 2.63 bits per heavy atom. The average molecular weight is 368 g/mol. The number of nitrogens with zero attached hydrogens (tertiary/aromatic N) is 2. The largest absolute Gasteiger partial charge is 0.437 e. The summed E-state index contributed by atoms with van der Waals surface area (Å²) in [5.74, 6) is 0.792. The first-order chi connectivity index (χ1) is 13.0. The van der Waals surface area contributed by atoms with Crippen molar-refractivity contribution in [3.05, 3.63) is 47.7 Å². The quantitative estimate of drug-likeness (QED) is 0.866. The predicted molar refractivity (Wildman–Crippen MR) is 103 cm³/mol. The van der Waals surface area contributed by atoms with Crippen molar-refractivity contribution in [3.63, 3.8) is 0 Å². The Balaban J connectivity index is 1.70. The van der Waals surface area contributed by atoms with Crippen LogP contribution in [0, 0.1) is 19.8 Å². The molecule has 7 heteroatoms. The molecule has 1 aliphatic heterocycles. The van der Waals surface area contributed by atoms with Crippen LogP contribution in [0.25, 0.3) is 0 Å². The van der Waals surface area contributed by atoms with Crippen LogP contribution in [-0.2, 0) is 4.79 Å². The lowest BCUT2D eigenvalue weighted by atomic mass is 9.96. The van der Waals surface area contributed by atoms with Gasteiger partial charge in [-0.15, -0.1) is 0 Å². The Kier molecular flexibility index (Phi) is 5.59. The summed E-state index contributed by atoms with van der Waals surface area (Å²) in [7, 11) is 0. The summed E-state index contributed by atoms with van der Waals surface area (Å²) in [5, 5.41) is 2.92. The maximum absolute atomic E-state index is 12.6. The summed E-state index contributed by atoms with van der Waals surface area (Å²) in [5.41, 5.74) is 7.97. The molecule has 0 spiro atoms. The van der Waals surface area contributed by atoms with Crippen LogP contribution >= 0.6 is 0 Å². The minimum Gasteiger partial charge on any atom is -0.437 e. The van der Waals surface area contributed by atoms with E-state index in [-0.39, 0.29) is 11.8 Å². The molecule has 3 amide bonds. The Hall–Kier alpha value is -3.09. The molecule has 27 heavy (non-hydrogen) atoms. The summed E-state index contributed by atoms with van der Waals surface area (Å²) >= 11 is 0. The van der Waals surface area contributed by atoms with Crippen molar-refractivity contribution in [3.8, 4) is 11.6 Å². The number of carbonyl (C=O) groups is 2. The van der Waals surface area contributed by atoms with Crippen molar-refractivity contribution in [1.29, 1.82) is 0 Å². The van der Waals surface area contributed by atoms with Gasteiger partial charge in [0, 0.05) is 25.2 Å². The van der Waals surface area contributed by atoms with Gasteiger partial charge in [0.25, 0.3) is 0 Å². The second kappa shape index (κ2) is 8.07. The minimum absolute atomic E-state index is 0.0991. The second-order valence-corrected chi connectivity index (χ2v) is 6.75. The van der Waals surface area contributed by atoms with Crippen molar-refractivity contribution >= 4 is 17.6 Å². The number of aromatic nitrogens is 1. The third-order valence-corrected chi connectivity index (χ3v) is 4.97. The smallest absolute Gasteiger partial charge is 0.314 e. The maximum Gasteiger partial charge on any atom is 0.314 e. The van der Waals surface area contributed by atoms with Crippen molar-refractivity contribution < 1.29 is 14.3 Å². The van der Waals surface area contributed by atoms with E-state index in [0.717, 1.165) is 11.1 Å². The molecule has 1 aromatic carbocycles. The van der Waals surface area contributed by atoms with Crippen LogP contribution in [-0.4, -0.2) is 34.9 Å². The molecule has 0 atom stereocenters. The highest BCUT2D eigenvalue weighted by atomic mass is 16.5. The Morgan fingerprint density at radius 1 is 1.19 bits per heavy atom. The molecule has 142 valence electrons. The van der Waals surface area contributed by atoms with Gasteiger partial charge in [-0.05, 0) is 56.0 Å². The van der Waals surface area contributed by atoms with E-state index in [2.05, 4.69) is 10.3 Å². The van der Waals surface area contributed by atoms with E-state index in [4.69, 9.17) is 10.5 Å². The van der Waals surface area contributed by atoms with Gasteiger partial charge in [0.15, 0.2) is 0 Å². The molecule has 0 radical (unpaired) electrons. The number of carbonyl (C=O) groups excluding carboxylic acids is 2. The van der Waals surface area contributed by atoms with Gasteiger partial charge in [0.1, 0.15) is 11.4 Å². The topological polar surface area (TPSA) is 97.6 Å². The molecule has 0 unspecified atom stereocenters. The van der Waals surface area contributed by atoms with Crippen LogP contribution in [0.1, 0.15) is 24.0 Å². The fourth-order valence-corrected chi connectivity index (χ4v) is 3.10. The van der Waals surface area contributed by atoms with Gasteiger partial charge in [-0.2, -0.15) is 0 Å². The summed E-state index contributed by atoms with van der Waals surface area (Å²) in [6, 6.07) is 8.89. The molecule has 3 N–H and O–H groups in total. The Morgan fingerprint density at radius 2 is 1.93 bits per heavy atom. The number of amides is 3. The number of anilines is 1. The average Bonchev–Trinajstić information content (AvgIpc) is 2.67. The number of ether oxygens (including phenoxy) is 1. The highest BCUT2D eigenvalue weighted by Crippen LogP contribution is 2.31. The van der Waals surface area contributed by atoms with E-state index >= 15 is 0 Å². The number of rotatable bonds is 4. The molecular formula is C20H24N4O3. The molecule has 0 bridgehead atoms. The van der Waals surface area contributed by atoms with E-state index in [1.165, 1.54) is 0 Å². The number of pyridine rings is 1. The van der Waals surface area contributed by atoms with Gasteiger partial charge in [-0.1, -0.05) is 12.1 Å². The Labute approximate surface area is 158 Å². The zero-order valence-corrected chi connectivity index (χ0v) is 15.6. The zero-order chi connectivity index (χ0) is 19.4. The monoisotopic (exact) mass is 368 g/mol. The van der Waals surface area contributed by atoms with Gasteiger partial charge >= 0.3 is 6.03 Å². The summed E-state index contributed by atoms with van der Waals surface area (Å²) in [6.45, 7) is 4.98. The van der Waals surface area contributed by atoms with Crippen LogP contribution in [0.4, 0.5) is 10.5 Å². The van der Waals surface area contributed by atoms with Crippen molar-refractivity contribution in [2.24, 2.45) is 11.7 Å². The molecule has 1 aromatic heterocycles. The Bertz CT molecular complexity index is 845. The second-order valence-electron chi connectivity index (χ2n) is 6.75. The summed E-state index contributed by atoms with van der Waals surface area (Å²) < 4.78 is 5.96. The fraction of sp³-hybridized carbons (Fsp3) is 0.350. The van der Waals surface area contributed by atoms with Gasteiger partial charge < -0.3 is 20.7 Å². The highest BCUT2D eigenvalue weighted by Gasteiger charge is 2.27. The molecular weight excluding hydrogens is 344 g/mol. The van der Waals surface area contributed by atoms with Crippen LogP contribution in [0.2, 0.25) is 0 Å². The first kappa shape index (κ1) is 18.7. The molecule has 7 nitrogen and oxygen atoms in total. The number of aryl methyl sites for hydroxylation is 1. The number of hydrogen-bond acceptors (Lipinski definition) is 4. The standard InChI is InChI=1S/C20H24N4O3/c1-13-5-3-7-17(14(13)2)27-19-16(6-4-10-22-19)23-18(25)15-8-11-24(12-9-15)20(21)26/h3-7,10,15H,8-9,11-12H2,1-2H3,(H2,21,26)(H,23,25). The highest BCUT2D eigenvalue weighted by molar-refractivity contribution is 5.93. The van der Waals surface area contributed by atoms with Crippen LogP contribution < -0.4 is 15.8 Å². The van der Waals surface area contributed by atoms with Gasteiger partial charge in [0.05, 0.1) is 0 Å². The van der Waals surface area contributed by atoms with Gasteiger partial charge in [0.2, 0.25) is 11.8 Å². The fourth-order valence-electron chi connectivity index (χ4n) is 3.10. The van der Waals surface area contributed by atoms with Crippen LogP contribution in [0.15, 0.2) is 36.5 Å².